The highest BCUT2D eigenvalue weighted by Gasteiger charge is 2.49. The molecule has 0 aliphatic heterocycles. The Kier molecular flexibility index (Phi) is 1.19. The monoisotopic (exact) mass is 158 g/mol. The van der Waals surface area contributed by atoms with Crippen LogP contribution in [0.15, 0.2) is 24.3 Å². The molecule has 62 valence electrons. The number of benzene rings is 1. The van der Waals surface area contributed by atoms with Crippen LogP contribution in [0, 0.1) is 0 Å². The van der Waals surface area contributed by atoms with Crippen LogP contribution in [0.1, 0.15) is 43.2 Å². The lowest BCUT2D eigenvalue weighted by molar-refractivity contribution is 0.405. The summed E-state index contributed by atoms with van der Waals surface area (Å²) in [5.41, 5.74) is 3.90. The first-order valence-electron chi connectivity index (χ1n) is 5.03. The first-order chi connectivity index (χ1) is 5.93. The average Bonchev–Trinajstić information content (AvgIpc) is 2.77. The quantitative estimate of drug-likeness (QED) is 0.543. The van der Waals surface area contributed by atoms with Gasteiger partial charge in [-0.1, -0.05) is 43.5 Å². The van der Waals surface area contributed by atoms with Gasteiger partial charge in [-0.3, -0.25) is 0 Å². The molecule has 0 radical (unpaired) electrons. The Labute approximate surface area is 73.6 Å². The first kappa shape index (κ1) is 6.71. The van der Waals surface area contributed by atoms with Crippen LogP contribution >= 0.6 is 0 Å². The van der Waals surface area contributed by atoms with E-state index in [-0.39, 0.29) is 0 Å². The summed E-state index contributed by atoms with van der Waals surface area (Å²) < 4.78 is 0. The van der Waals surface area contributed by atoms with Crippen molar-refractivity contribution in [2.45, 2.75) is 37.5 Å². The Morgan fingerprint density at radius 1 is 0.833 bits per heavy atom. The Morgan fingerprint density at radius 2 is 1.42 bits per heavy atom. The van der Waals surface area contributed by atoms with E-state index in [1.807, 2.05) is 0 Å². The van der Waals surface area contributed by atoms with Gasteiger partial charge in [-0.25, -0.2) is 0 Å². The van der Waals surface area contributed by atoms with Crippen molar-refractivity contribution in [1.29, 1.82) is 0 Å². The molecule has 0 saturated heterocycles. The van der Waals surface area contributed by atoms with Crippen LogP contribution in [0.3, 0.4) is 0 Å². The van der Waals surface area contributed by atoms with Gasteiger partial charge in [-0.05, 0) is 24.0 Å². The summed E-state index contributed by atoms with van der Waals surface area (Å²) in [4.78, 5) is 0. The van der Waals surface area contributed by atoms with Crippen molar-refractivity contribution in [3.8, 4) is 0 Å². The smallest absolute Gasteiger partial charge is 0.0209 e. The Balaban J connectivity index is 1.98. The molecule has 3 rings (SSSR count). The maximum absolute atomic E-state index is 2.32. The van der Waals surface area contributed by atoms with Gasteiger partial charge in [-0.2, -0.15) is 0 Å². The fraction of sp³-hybridized carbons (Fsp3) is 0.500. The highest BCUT2D eigenvalue weighted by Crippen LogP contribution is 2.58. The van der Waals surface area contributed by atoms with Gasteiger partial charge < -0.3 is 0 Å². The van der Waals surface area contributed by atoms with Crippen molar-refractivity contribution in [3.63, 3.8) is 0 Å². The molecule has 1 aromatic carbocycles. The Bertz CT molecular complexity index is 281. The van der Waals surface area contributed by atoms with Gasteiger partial charge in [0.2, 0.25) is 0 Å². The predicted octanol–water partition coefficient (Wildman–Crippen LogP) is 3.25. The van der Waals surface area contributed by atoms with E-state index in [1.165, 1.54) is 32.1 Å². The van der Waals surface area contributed by atoms with Gasteiger partial charge in [0, 0.05) is 5.41 Å². The molecule has 0 aromatic heterocycles. The summed E-state index contributed by atoms with van der Waals surface area (Å²) >= 11 is 0. The SMILES string of the molecule is c1ccc2c(c1)C21CCCCC1. The van der Waals surface area contributed by atoms with Gasteiger partial charge in [0.25, 0.3) is 0 Å². The lowest BCUT2D eigenvalue weighted by Crippen LogP contribution is -2.12. The van der Waals surface area contributed by atoms with Crippen molar-refractivity contribution >= 4 is 0 Å². The third kappa shape index (κ3) is 0.682. The van der Waals surface area contributed by atoms with E-state index in [2.05, 4.69) is 24.3 Å². The van der Waals surface area contributed by atoms with Crippen LogP contribution in [0.5, 0.6) is 0 Å². The standard InChI is InChI=1S/C12H14/c1-4-8-12(9-5-1)10-6-2-3-7-11(10)12/h2-3,6-7H,1,4-5,8-9H2. The molecule has 0 N–H and O–H groups in total. The third-order valence-electron chi connectivity index (χ3n) is 3.60. The molecule has 0 nitrogen and oxygen atoms in total. The molecule has 0 atom stereocenters. The minimum atomic E-state index is 0.585. The van der Waals surface area contributed by atoms with Gasteiger partial charge in [-0.15, -0.1) is 0 Å². The maximum atomic E-state index is 2.32. The van der Waals surface area contributed by atoms with Crippen LogP contribution in [0.4, 0.5) is 0 Å². The van der Waals surface area contributed by atoms with E-state index < -0.39 is 0 Å². The summed E-state index contributed by atoms with van der Waals surface area (Å²) in [5, 5.41) is 0. The first-order valence-corrected chi connectivity index (χ1v) is 5.03. The molecule has 0 bridgehead atoms. The zero-order valence-electron chi connectivity index (χ0n) is 7.34. The van der Waals surface area contributed by atoms with Crippen LogP contribution in [0.25, 0.3) is 0 Å². The Morgan fingerprint density at radius 3 is 2.00 bits per heavy atom. The van der Waals surface area contributed by atoms with Gasteiger partial charge in [0.15, 0.2) is 0 Å². The van der Waals surface area contributed by atoms with E-state index in [4.69, 9.17) is 0 Å². The lowest BCUT2D eigenvalue weighted by atomic mass is 9.83. The molecule has 1 aromatic rings. The van der Waals surface area contributed by atoms with E-state index in [0.717, 1.165) is 0 Å². The average molecular weight is 158 g/mol. The predicted molar refractivity (Wildman–Crippen MR) is 50.3 cm³/mol. The molecular formula is C12H14. The number of fused-ring (bicyclic) bond motifs is 3. The van der Waals surface area contributed by atoms with E-state index in [0.29, 0.717) is 5.41 Å². The molecule has 12 heavy (non-hydrogen) atoms. The zero-order chi connectivity index (χ0) is 8.02. The molecule has 1 spiro atoms. The van der Waals surface area contributed by atoms with Gasteiger partial charge in [0.05, 0.1) is 0 Å². The molecule has 0 heteroatoms. The molecule has 1 saturated carbocycles. The second kappa shape index (κ2) is 2.12. The minimum Gasteiger partial charge on any atom is -0.0619 e. The third-order valence-corrected chi connectivity index (χ3v) is 3.60. The second-order valence-electron chi connectivity index (χ2n) is 4.19. The summed E-state index contributed by atoms with van der Waals surface area (Å²) in [6.45, 7) is 0. The van der Waals surface area contributed by atoms with Crippen molar-refractivity contribution in [1.82, 2.24) is 0 Å². The van der Waals surface area contributed by atoms with Crippen LogP contribution < -0.4 is 0 Å². The second-order valence-corrected chi connectivity index (χ2v) is 4.19. The fourth-order valence-electron chi connectivity index (χ4n) is 2.90. The van der Waals surface area contributed by atoms with E-state index >= 15 is 0 Å². The summed E-state index contributed by atoms with van der Waals surface area (Å²) in [5.74, 6) is 0. The van der Waals surface area contributed by atoms with Crippen molar-refractivity contribution in [2.24, 2.45) is 0 Å². The van der Waals surface area contributed by atoms with E-state index in [1.54, 1.807) is 11.1 Å². The number of rotatable bonds is 0. The largest absolute Gasteiger partial charge is 0.0619 e. The summed E-state index contributed by atoms with van der Waals surface area (Å²) in [6.07, 6.45) is 7.18. The van der Waals surface area contributed by atoms with Crippen LogP contribution in [-0.4, -0.2) is 0 Å². The number of hydrogen-bond donors (Lipinski definition) is 0. The minimum absolute atomic E-state index is 0.585. The van der Waals surface area contributed by atoms with Crippen molar-refractivity contribution < 1.29 is 0 Å². The molecular weight excluding hydrogens is 144 g/mol. The summed E-state index contributed by atoms with van der Waals surface area (Å²) in [6, 6.07) is 9.01. The topological polar surface area (TPSA) is 0 Å². The molecule has 2 aliphatic carbocycles. The molecule has 1 fully saturated rings. The normalized spacial score (nSPS) is 23.7. The fourth-order valence-corrected chi connectivity index (χ4v) is 2.90. The maximum Gasteiger partial charge on any atom is 0.0209 e. The highest BCUT2D eigenvalue weighted by molar-refractivity contribution is 5.59. The van der Waals surface area contributed by atoms with Crippen LogP contribution in [-0.2, 0) is 5.41 Å². The lowest BCUT2D eigenvalue weighted by Gasteiger charge is -2.21. The number of hydrogen-bond acceptors (Lipinski definition) is 0. The molecule has 0 heterocycles. The Hall–Kier alpha value is -0.780. The van der Waals surface area contributed by atoms with Crippen LogP contribution in [0.2, 0.25) is 0 Å². The van der Waals surface area contributed by atoms with Gasteiger partial charge in [0.1, 0.15) is 0 Å². The molecule has 2 aliphatic rings. The van der Waals surface area contributed by atoms with Crippen molar-refractivity contribution in [3.05, 3.63) is 35.4 Å². The summed E-state index contributed by atoms with van der Waals surface area (Å²) in [7, 11) is 0. The molecule has 0 unspecified atom stereocenters. The van der Waals surface area contributed by atoms with Crippen molar-refractivity contribution in [2.75, 3.05) is 0 Å². The highest BCUT2D eigenvalue weighted by atomic mass is 14.5. The van der Waals surface area contributed by atoms with Gasteiger partial charge >= 0.3 is 0 Å². The zero-order valence-corrected chi connectivity index (χ0v) is 7.34. The molecule has 0 amide bonds. The van der Waals surface area contributed by atoms with E-state index in [9.17, 15) is 0 Å².